The van der Waals surface area contributed by atoms with Crippen LogP contribution in [0.3, 0.4) is 0 Å². The molecule has 90 valence electrons. The van der Waals surface area contributed by atoms with Crippen molar-refractivity contribution in [2.75, 3.05) is 6.61 Å². The Morgan fingerprint density at radius 3 is 2.44 bits per heavy atom. The molecule has 0 unspecified atom stereocenters. The van der Waals surface area contributed by atoms with Gasteiger partial charge in [0.25, 0.3) is 0 Å². The van der Waals surface area contributed by atoms with Gasteiger partial charge in [0.1, 0.15) is 5.82 Å². The zero-order valence-electron chi connectivity index (χ0n) is 9.68. The molecule has 0 aliphatic rings. The van der Waals surface area contributed by atoms with Gasteiger partial charge in [-0.3, -0.25) is 0 Å². The molecule has 0 fully saturated rings. The van der Waals surface area contributed by atoms with Crippen LogP contribution in [-0.2, 0) is 0 Å². The SMILES string of the molecule is Cc1cc(F)c(OCCC(C)(C)O)cc1F. The summed E-state index contributed by atoms with van der Waals surface area (Å²) < 4.78 is 31.5. The highest BCUT2D eigenvalue weighted by atomic mass is 19.1. The first kappa shape index (κ1) is 12.9. The van der Waals surface area contributed by atoms with Gasteiger partial charge < -0.3 is 9.84 Å². The normalized spacial score (nSPS) is 11.6. The molecule has 0 aliphatic heterocycles. The summed E-state index contributed by atoms with van der Waals surface area (Å²) in [4.78, 5) is 0. The van der Waals surface area contributed by atoms with Crippen LogP contribution in [0.25, 0.3) is 0 Å². The van der Waals surface area contributed by atoms with Crippen LogP contribution >= 0.6 is 0 Å². The standard InChI is InChI=1S/C12H16F2O2/c1-8-6-10(14)11(7-9(8)13)16-5-4-12(2,3)15/h6-7,15H,4-5H2,1-3H3. The van der Waals surface area contributed by atoms with Gasteiger partial charge in [-0.15, -0.1) is 0 Å². The van der Waals surface area contributed by atoms with Crippen LogP contribution in [-0.4, -0.2) is 17.3 Å². The van der Waals surface area contributed by atoms with E-state index in [1.54, 1.807) is 13.8 Å². The van der Waals surface area contributed by atoms with Crippen molar-refractivity contribution in [2.24, 2.45) is 0 Å². The Hall–Kier alpha value is -1.16. The number of rotatable bonds is 4. The molecule has 0 radical (unpaired) electrons. The van der Waals surface area contributed by atoms with Gasteiger partial charge in [0.05, 0.1) is 12.2 Å². The monoisotopic (exact) mass is 230 g/mol. The second kappa shape index (κ2) is 4.78. The lowest BCUT2D eigenvalue weighted by atomic mass is 10.1. The van der Waals surface area contributed by atoms with Crippen molar-refractivity contribution < 1.29 is 18.6 Å². The van der Waals surface area contributed by atoms with E-state index in [1.807, 2.05) is 0 Å². The third kappa shape index (κ3) is 3.77. The van der Waals surface area contributed by atoms with Gasteiger partial charge in [0.15, 0.2) is 11.6 Å². The molecule has 0 heterocycles. The van der Waals surface area contributed by atoms with Crippen LogP contribution in [0.2, 0.25) is 0 Å². The summed E-state index contributed by atoms with van der Waals surface area (Å²) in [5, 5.41) is 9.42. The van der Waals surface area contributed by atoms with Crippen molar-refractivity contribution in [2.45, 2.75) is 32.8 Å². The highest BCUT2D eigenvalue weighted by Crippen LogP contribution is 2.21. The maximum absolute atomic E-state index is 13.3. The highest BCUT2D eigenvalue weighted by Gasteiger charge is 2.14. The van der Waals surface area contributed by atoms with Crippen LogP contribution in [0.4, 0.5) is 8.78 Å². The van der Waals surface area contributed by atoms with Crippen molar-refractivity contribution in [3.8, 4) is 5.75 Å². The molecule has 2 nitrogen and oxygen atoms in total. The fraction of sp³-hybridized carbons (Fsp3) is 0.500. The maximum Gasteiger partial charge on any atom is 0.165 e. The molecular formula is C12H16F2O2. The number of benzene rings is 1. The summed E-state index contributed by atoms with van der Waals surface area (Å²) in [5.41, 5.74) is -0.632. The molecule has 1 aromatic rings. The molecule has 0 bridgehead atoms. The van der Waals surface area contributed by atoms with Crippen molar-refractivity contribution in [1.29, 1.82) is 0 Å². The summed E-state index contributed by atoms with van der Waals surface area (Å²) in [6.45, 7) is 4.88. The summed E-state index contributed by atoms with van der Waals surface area (Å²) >= 11 is 0. The predicted octanol–water partition coefficient (Wildman–Crippen LogP) is 2.81. The van der Waals surface area contributed by atoms with E-state index in [-0.39, 0.29) is 17.9 Å². The molecule has 1 rings (SSSR count). The minimum atomic E-state index is -0.875. The topological polar surface area (TPSA) is 29.5 Å². The van der Waals surface area contributed by atoms with E-state index in [0.29, 0.717) is 6.42 Å². The number of hydrogen-bond donors (Lipinski definition) is 1. The lowest BCUT2D eigenvalue weighted by molar-refractivity contribution is 0.0547. The van der Waals surface area contributed by atoms with E-state index < -0.39 is 17.2 Å². The maximum atomic E-state index is 13.3. The van der Waals surface area contributed by atoms with E-state index >= 15 is 0 Å². The lowest BCUT2D eigenvalue weighted by Crippen LogP contribution is -2.22. The molecule has 4 heteroatoms. The Morgan fingerprint density at radius 2 is 1.88 bits per heavy atom. The molecule has 1 N–H and O–H groups in total. The minimum Gasteiger partial charge on any atom is -0.490 e. The molecule has 0 amide bonds. The second-order valence-electron chi connectivity index (χ2n) is 4.44. The average molecular weight is 230 g/mol. The van der Waals surface area contributed by atoms with Gasteiger partial charge in [-0.1, -0.05) is 0 Å². The van der Waals surface area contributed by atoms with Crippen molar-refractivity contribution >= 4 is 0 Å². The van der Waals surface area contributed by atoms with E-state index in [4.69, 9.17) is 4.74 Å². The number of hydrogen-bond acceptors (Lipinski definition) is 2. The third-order valence-corrected chi connectivity index (χ3v) is 2.18. The summed E-state index contributed by atoms with van der Waals surface area (Å²) in [5.74, 6) is -1.21. The molecule has 0 atom stereocenters. The number of ether oxygens (including phenoxy) is 1. The van der Waals surface area contributed by atoms with E-state index in [1.165, 1.54) is 6.92 Å². The third-order valence-electron chi connectivity index (χ3n) is 2.18. The average Bonchev–Trinajstić information content (AvgIpc) is 2.11. The zero-order chi connectivity index (χ0) is 12.3. The van der Waals surface area contributed by atoms with Crippen molar-refractivity contribution in [3.63, 3.8) is 0 Å². The van der Waals surface area contributed by atoms with Crippen LogP contribution in [0.5, 0.6) is 5.75 Å². The first-order chi connectivity index (χ1) is 7.29. The number of aliphatic hydroxyl groups is 1. The molecule has 0 saturated heterocycles. The van der Waals surface area contributed by atoms with E-state index in [0.717, 1.165) is 12.1 Å². The fourth-order valence-electron chi connectivity index (χ4n) is 1.15. The first-order valence-electron chi connectivity index (χ1n) is 5.10. The number of aryl methyl sites for hydroxylation is 1. The Balaban J connectivity index is 2.64. The summed E-state index contributed by atoms with van der Waals surface area (Å²) in [6, 6.07) is 2.11. The lowest BCUT2D eigenvalue weighted by Gasteiger charge is -2.17. The second-order valence-corrected chi connectivity index (χ2v) is 4.44. The zero-order valence-corrected chi connectivity index (χ0v) is 9.68. The molecule has 1 aromatic carbocycles. The molecule has 0 spiro atoms. The van der Waals surface area contributed by atoms with Crippen molar-refractivity contribution in [1.82, 2.24) is 0 Å². The van der Waals surface area contributed by atoms with Gasteiger partial charge in [-0.05, 0) is 32.4 Å². The molecule has 0 aromatic heterocycles. The largest absolute Gasteiger partial charge is 0.490 e. The van der Waals surface area contributed by atoms with Crippen LogP contribution in [0, 0.1) is 18.6 Å². The highest BCUT2D eigenvalue weighted by molar-refractivity contribution is 5.30. The van der Waals surface area contributed by atoms with Gasteiger partial charge in [0.2, 0.25) is 0 Å². The first-order valence-corrected chi connectivity index (χ1v) is 5.10. The summed E-state index contributed by atoms with van der Waals surface area (Å²) in [7, 11) is 0. The molecule has 0 saturated carbocycles. The van der Waals surface area contributed by atoms with Gasteiger partial charge in [-0.25, -0.2) is 8.78 Å². The van der Waals surface area contributed by atoms with E-state index in [9.17, 15) is 13.9 Å². The van der Waals surface area contributed by atoms with Crippen molar-refractivity contribution in [3.05, 3.63) is 29.3 Å². The van der Waals surface area contributed by atoms with Gasteiger partial charge in [0, 0.05) is 12.5 Å². The van der Waals surface area contributed by atoms with E-state index in [2.05, 4.69) is 0 Å². The molecular weight excluding hydrogens is 214 g/mol. The smallest absolute Gasteiger partial charge is 0.165 e. The Kier molecular flexibility index (Phi) is 3.86. The Bertz CT molecular complexity index is 370. The fourth-order valence-corrected chi connectivity index (χ4v) is 1.15. The summed E-state index contributed by atoms with van der Waals surface area (Å²) in [6.07, 6.45) is 0.349. The Morgan fingerprint density at radius 1 is 1.25 bits per heavy atom. The van der Waals surface area contributed by atoms with Crippen LogP contribution < -0.4 is 4.74 Å². The number of halogens is 2. The van der Waals surface area contributed by atoms with Gasteiger partial charge in [-0.2, -0.15) is 0 Å². The minimum absolute atomic E-state index is 0.118. The van der Waals surface area contributed by atoms with Crippen LogP contribution in [0.15, 0.2) is 12.1 Å². The Labute approximate surface area is 93.9 Å². The van der Waals surface area contributed by atoms with Gasteiger partial charge >= 0.3 is 0 Å². The van der Waals surface area contributed by atoms with Crippen LogP contribution in [0.1, 0.15) is 25.8 Å². The molecule has 16 heavy (non-hydrogen) atoms. The quantitative estimate of drug-likeness (QED) is 0.861. The predicted molar refractivity (Wildman–Crippen MR) is 57.5 cm³/mol. The molecule has 0 aliphatic carbocycles.